The highest BCUT2D eigenvalue weighted by Crippen LogP contribution is 2.42. The Kier molecular flexibility index (Phi) is 3.67. The highest BCUT2D eigenvalue weighted by atomic mass is 32.2. The van der Waals surface area contributed by atoms with E-state index >= 15 is 0 Å². The number of thiophene rings is 1. The van der Waals surface area contributed by atoms with Gasteiger partial charge in [0.1, 0.15) is 15.9 Å². The van der Waals surface area contributed by atoms with Crippen LogP contribution in [0.3, 0.4) is 0 Å². The van der Waals surface area contributed by atoms with Gasteiger partial charge in [-0.15, -0.1) is 23.1 Å². The Morgan fingerprint density at radius 3 is 2.71 bits per heavy atom. The molecule has 0 aliphatic heterocycles. The minimum absolute atomic E-state index is 0.615. The number of anilines is 2. The van der Waals surface area contributed by atoms with Crippen LogP contribution in [0.5, 0.6) is 0 Å². The summed E-state index contributed by atoms with van der Waals surface area (Å²) in [6.07, 6.45) is 1.98. The van der Waals surface area contributed by atoms with Crippen molar-refractivity contribution in [3.05, 3.63) is 4.88 Å². The van der Waals surface area contributed by atoms with E-state index in [1.54, 1.807) is 11.8 Å². The maximum absolute atomic E-state index is 8.86. The lowest BCUT2D eigenvalue weighted by molar-refractivity contribution is 0.970. The van der Waals surface area contributed by atoms with Gasteiger partial charge in [0, 0.05) is 13.6 Å². The van der Waals surface area contributed by atoms with Crippen molar-refractivity contribution >= 4 is 33.8 Å². The van der Waals surface area contributed by atoms with Crippen LogP contribution in [0.15, 0.2) is 4.90 Å². The van der Waals surface area contributed by atoms with Crippen molar-refractivity contribution in [2.45, 2.75) is 11.8 Å². The molecule has 0 saturated carbocycles. The Bertz CT molecular complexity index is 365. The van der Waals surface area contributed by atoms with Crippen molar-refractivity contribution < 1.29 is 0 Å². The van der Waals surface area contributed by atoms with Gasteiger partial charge in [-0.25, -0.2) is 0 Å². The molecule has 76 valence electrons. The molecule has 0 saturated heterocycles. The van der Waals surface area contributed by atoms with Crippen molar-refractivity contribution in [3.8, 4) is 6.07 Å². The van der Waals surface area contributed by atoms with Gasteiger partial charge in [-0.2, -0.15) is 5.26 Å². The summed E-state index contributed by atoms with van der Waals surface area (Å²) in [6.45, 7) is 2.99. The van der Waals surface area contributed by atoms with Gasteiger partial charge in [-0.05, 0) is 13.2 Å². The molecule has 5 heteroatoms. The van der Waals surface area contributed by atoms with Gasteiger partial charge < -0.3 is 10.6 Å². The van der Waals surface area contributed by atoms with Gasteiger partial charge in [0.05, 0.1) is 10.6 Å². The fraction of sp³-hybridized carbons (Fsp3) is 0.444. The molecule has 0 fully saturated rings. The Morgan fingerprint density at radius 2 is 2.29 bits per heavy atom. The quantitative estimate of drug-likeness (QED) is 0.806. The van der Waals surface area contributed by atoms with Gasteiger partial charge in [-0.3, -0.25) is 0 Å². The summed E-state index contributed by atoms with van der Waals surface area (Å²) >= 11 is 3.06. The van der Waals surface area contributed by atoms with E-state index in [1.807, 2.05) is 13.3 Å². The minimum atomic E-state index is 0.615. The van der Waals surface area contributed by atoms with E-state index in [4.69, 9.17) is 11.0 Å². The highest BCUT2D eigenvalue weighted by molar-refractivity contribution is 7.99. The van der Waals surface area contributed by atoms with E-state index in [-0.39, 0.29) is 0 Å². The van der Waals surface area contributed by atoms with Gasteiger partial charge >= 0.3 is 0 Å². The average Bonchev–Trinajstić information content (AvgIpc) is 2.53. The monoisotopic (exact) mass is 227 g/mol. The largest absolute Gasteiger partial charge is 0.396 e. The van der Waals surface area contributed by atoms with Gasteiger partial charge in [0.2, 0.25) is 0 Å². The smallest absolute Gasteiger partial charge is 0.131 e. The van der Waals surface area contributed by atoms with Crippen molar-refractivity contribution in [2.24, 2.45) is 0 Å². The Hall–Kier alpha value is -0.860. The van der Waals surface area contributed by atoms with Crippen LogP contribution < -0.4 is 10.6 Å². The zero-order valence-corrected chi connectivity index (χ0v) is 10.1. The van der Waals surface area contributed by atoms with Crippen molar-refractivity contribution in [1.82, 2.24) is 0 Å². The third-order valence-electron chi connectivity index (χ3n) is 2.01. The molecule has 0 aliphatic rings. The highest BCUT2D eigenvalue weighted by Gasteiger charge is 2.16. The molecule has 0 aromatic carbocycles. The first-order valence-electron chi connectivity index (χ1n) is 4.23. The predicted octanol–water partition coefficient (Wildman–Crippen LogP) is 2.38. The van der Waals surface area contributed by atoms with E-state index in [2.05, 4.69) is 17.9 Å². The summed E-state index contributed by atoms with van der Waals surface area (Å²) < 4.78 is 0. The topological polar surface area (TPSA) is 53.0 Å². The summed E-state index contributed by atoms with van der Waals surface area (Å²) in [5.41, 5.74) is 6.48. The third-order valence-corrected chi connectivity index (χ3v) is 4.18. The second kappa shape index (κ2) is 4.58. The zero-order valence-electron chi connectivity index (χ0n) is 8.50. The molecule has 0 amide bonds. The van der Waals surface area contributed by atoms with Crippen molar-refractivity contribution in [1.29, 1.82) is 5.26 Å². The van der Waals surface area contributed by atoms with Crippen LogP contribution in [0.2, 0.25) is 0 Å². The lowest BCUT2D eigenvalue weighted by atomic mass is 10.4. The number of hydrogen-bond acceptors (Lipinski definition) is 5. The molecule has 0 unspecified atom stereocenters. The maximum atomic E-state index is 8.86. The van der Waals surface area contributed by atoms with Gasteiger partial charge in [0.25, 0.3) is 0 Å². The molecule has 14 heavy (non-hydrogen) atoms. The average molecular weight is 227 g/mol. The number of nitrogens with two attached hydrogens (primary N) is 1. The molecule has 0 bridgehead atoms. The summed E-state index contributed by atoms with van der Waals surface area (Å²) in [7, 11) is 2.01. The Balaban J connectivity index is 3.23. The van der Waals surface area contributed by atoms with Gasteiger partial charge in [-0.1, -0.05) is 0 Å². The molecule has 0 radical (unpaired) electrons. The van der Waals surface area contributed by atoms with E-state index in [0.29, 0.717) is 10.6 Å². The van der Waals surface area contributed by atoms with Crippen LogP contribution in [0, 0.1) is 11.3 Å². The van der Waals surface area contributed by atoms with Crippen LogP contribution >= 0.6 is 23.1 Å². The molecule has 1 rings (SSSR count). The van der Waals surface area contributed by atoms with Crippen LogP contribution in [0.25, 0.3) is 0 Å². The summed E-state index contributed by atoms with van der Waals surface area (Å²) in [5, 5.41) is 9.95. The van der Waals surface area contributed by atoms with Crippen molar-refractivity contribution in [2.75, 3.05) is 30.5 Å². The second-order valence-electron chi connectivity index (χ2n) is 2.81. The van der Waals surface area contributed by atoms with Crippen LogP contribution in [0.4, 0.5) is 10.7 Å². The van der Waals surface area contributed by atoms with E-state index < -0.39 is 0 Å². The number of hydrogen-bond donors (Lipinski definition) is 1. The first-order chi connectivity index (χ1) is 6.65. The number of nitrogen functional groups attached to an aromatic ring is 1. The summed E-state index contributed by atoms with van der Waals surface area (Å²) in [5.74, 6) is 0. The molecule has 1 aromatic heterocycles. The van der Waals surface area contributed by atoms with Crippen molar-refractivity contribution in [3.63, 3.8) is 0 Å². The third kappa shape index (κ3) is 1.81. The Labute approximate surface area is 92.5 Å². The number of rotatable bonds is 3. The van der Waals surface area contributed by atoms with E-state index in [1.165, 1.54) is 11.3 Å². The standard InChI is InChI=1S/C9H13N3S2/c1-4-12(2)9-8(13-3)7(11)6(5-10)14-9/h4,11H2,1-3H3. The molecule has 1 aromatic rings. The molecule has 1 heterocycles. The normalized spacial score (nSPS) is 9.86. The van der Waals surface area contributed by atoms with Gasteiger partial charge in [0.15, 0.2) is 0 Å². The molecule has 2 N–H and O–H groups in total. The zero-order chi connectivity index (χ0) is 10.7. The molecule has 0 aliphatic carbocycles. The predicted molar refractivity (Wildman–Crippen MR) is 64.2 cm³/mol. The summed E-state index contributed by atoms with van der Waals surface area (Å²) in [4.78, 5) is 3.74. The van der Waals surface area contributed by atoms with Crippen LogP contribution in [0.1, 0.15) is 11.8 Å². The first-order valence-corrected chi connectivity index (χ1v) is 6.27. The number of thioether (sulfide) groups is 1. The lowest BCUT2D eigenvalue weighted by Crippen LogP contribution is -2.14. The van der Waals surface area contributed by atoms with E-state index in [9.17, 15) is 0 Å². The fourth-order valence-corrected chi connectivity index (χ4v) is 3.12. The number of nitriles is 1. The van der Waals surface area contributed by atoms with Crippen LogP contribution in [-0.4, -0.2) is 19.8 Å². The van der Waals surface area contributed by atoms with E-state index in [0.717, 1.165) is 16.4 Å². The molecular weight excluding hydrogens is 214 g/mol. The second-order valence-corrected chi connectivity index (χ2v) is 4.62. The fourth-order valence-electron chi connectivity index (χ4n) is 1.09. The Morgan fingerprint density at radius 1 is 1.64 bits per heavy atom. The minimum Gasteiger partial charge on any atom is -0.396 e. The first kappa shape index (κ1) is 11.2. The SMILES string of the molecule is CCN(C)c1sc(C#N)c(N)c1SC. The molecule has 0 atom stereocenters. The van der Waals surface area contributed by atoms with Crippen LogP contribution in [-0.2, 0) is 0 Å². The lowest BCUT2D eigenvalue weighted by Gasteiger charge is -2.15. The number of nitrogens with zero attached hydrogens (tertiary/aromatic N) is 2. The maximum Gasteiger partial charge on any atom is 0.131 e. The molecular formula is C9H13N3S2. The molecule has 3 nitrogen and oxygen atoms in total. The molecule has 0 spiro atoms. The summed E-state index contributed by atoms with van der Waals surface area (Å²) in [6, 6.07) is 2.12.